The number of carbonyl (C=O) groups excluding carboxylic acids is 3. The third kappa shape index (κ3) is 53.2. The summed E-state index contributed by atoms with van der Waals surface area (Å²) in [7, 11) is 0. The van der Waals surface area contributed by atoms with Gasteiger partial charge in [-0.2, -0.15) is 0 Å². The summed E-state index contributed by atoms with van der Waals surface area (Å²) in [4.78, 5) is 38.1. The van der Waals surface area contributed by atoms with Crippen LogP contribution >= 0.6 is 0 Å². The quantitative estimate of drug-likeness (QED) is 0.0344. The summed E-state index contributed by atoms with van der Waals surface area (Å²) in [5, 5.41) is 0. The molecule has 6 heteroatoms. The molecule has 0 saturated carbocycles. The van der Waals surface area contributed by atoms with Gasteiger partial charge in [0.2, 0.25) is 0 Å². The first-order valence-corrected chi connectivity index (χ1v) is 29.4. The summed E-state index contributed by atoms with van der Waals surface area (Å²) in [6.07, 6.45) is 58.0. The first kappa shape index (κ1) is 63.4. The van der Waals surface area contributed by atoms with Crippen molar-refractivity contribution in [3.8, 4) is 0 Å². The predicted octanol–water partition coefficient (Wildman–Crippen LogP) is 19.4. The van der Waals surface area contributed by atoms with Gasteiger partial charge in [0.05, 0.1) is 0 Å². The lowest BCUT2D eigenvalue weighted by molar-refractivity contribution is -0.167. The first-order chi connectivity index (χ1) is 31.9. The van der Waals surface area contributed by atoms with E-state index >= 15 is 0 Å². The largest absolute Gasteiger partial charge is 0.462 e. The molecule has 0 bridgehead atoms. The number of carbonyl (C=O) groups is 3. The number of hydrogen-bond donors (Lipinski definition) is 0. The van der Waals surface area contributed by atoms with E-state index in [1.165, 1.54) is 231 Å². The lowest BCUT2D eigenvalue weighted by atomic mass is 10.0. The highest BCUT2D eigenvalue weighted by molar-refractivity contribution is 5.71. The van der Waals surface area contributed by atoms with E-state index in [0.29, 0.717) is 19.3 Å². The van der Waals surface area contributed by atoms with Crippen molar-refractivity contribution in [2.75, 3.05) is 13.2 Å². The molecule has 0 spiro atoms. The van der Waals surface area contributed by atoms with Crippen LogP contribution in [0.25, 0.3) is 0 Å². The minimum Gasteiger partial charge on any atom is -0.462 e. The van der Waals surface area contributed by atoms with Crippen LogP contribution in [-0.4, -0.2) is 37.2 Å². The van der Waals surface area contributed by atoms with Crippen LogP contribution in [0.4, 0.5) is 0 Å². The molecular formula is C59H114O6. The minimum absolute atomic E-state index is 0.0616. The first-order valence-electron chi connectivity index (χ1n) is 29.4. The van der Waals surface area contributed by atoms with E-state index in [1.54, 1.807) is 0 Å². The average Bonchev–Trinajstić information content (AvgIpc) is 3.29. The Kier molecular flexibility index (Phi) is 52.1. The van der Waals surface area contributed by atoms with E-state index < -0.39 is 6.10 Å². The van der Waals surface area contributed by atoms with Crippen molar-refractivity contribution in [1.82, 2.24) is 0 Å². The number of rotatable bonds is 54. The Morgan fingerprint density at radius 3 is 0.754 bits per heavy atom. The third-order valence-corrected chi connectivity index (χ3v) is 13.5. The molecule has 0 aromatic rings. The molecule has 0 N–H and O–H groups in total. The van der Waals surface area contributed by atoms with Gasteiger partial charge in [0.15, 0.2) is 6.10 Å². The zero-order valence-corrected chi connectivity index (χ0v) is 44.5. The van der Waals surface area contributed by atoms with Gasteiger partial charge in [-0.05, 0) is 25.2 Å². The van der Waals surface area contributed by atoms with Crippen LogP contribution in [0.3, 0.4) is 0 Å². The van der Waals surface area contributed by atoms with Crippen LogP contribution in [0.2, 0.25) is 0 Å². The van der Waals surface area contributed by atoms with E-state index in [4.69, 9.17) is 14.2 Å². The highest BCUT2D eigenvalue weighted by Crippen LogP contribution is 2.18. The fraction of sp³-hybridized carbons (Fsp3) is 0.949. The molecule has 0 rings (SSSR count). The Bertz CT molecular complexity index is 980. The summed E-state index contributed by atoms with van der Waals surface area (Å²) in [5.41, 5.74) is 0. The molecule has 6 nitrogen and oxygen atoms in total. The van der Waals surface area contributed by atoms with E-state index in [9.17, 15) is 14.4 Å². The summed E-state index contributed by atoms with van der Waals surface area (Å²) >= 11 is 0. The fourth-order valence-electron chi connectivity index (χ4n) is 9.10. The molecule has 0 aromatic heterocycles. The summed E-state index contributed by atoms with van der Waals surface area (Å²) in [6.45, 7) is 9.07. The van der Waals surface area contributed by atoms with Crippen molar-refractivity contribution in [1.29, 1.82) is 0 Å². The zero-order chi connectivity index (χ0) is 47.4. The van der Waals surface area contributed by atoms with Crippen LogP contribution in [0.5, 0.6) is 0 Å². The minimum atomic E-state index is -0.762. The highest BCUT2D eigenvalue weighted by atomic mass is 16.6. The summed E-state index contributed by atoms with van der Waals surface area (Å²) in [6, 6.07) is 0. The Morgan fingerprint density at radius 2 is 0.508 bits per heavy atom. The highest BCUT2D eigenvalue weighted by Gasteiger charge is 2.19. The monoisotopic (exact) mass is 919 g/mol. The average molecular weight is 920 g/mol. The maximum absolute atomic E-state index is 12.9. The molecule has 0 amide bonds. The molecule has 0 aliphatic carbocycles. The Hall–Kier alpha value is -1.59. The molecule has 386 valence electrons. The molecule has 65 heavy (non-hydrogen) atoms. The van der Waals surface area contributed by atoms with Gasteiger partial charge in [0, 0.05) is 19.3 Å². The van der Waals surface area contributed by atoms with E-state index in [0.717, 1.165) is 63.7 Å². The molecule has 0 fully saturated rings. The normalized spacial score (nSPS) is 12.0. The number of hydrogen-bond acceptors (Lipinski definition) is 6. The predicted molar refractivity (Wildman–Crippen MR) is 280 cm³/mol. The van der Waals surface area contributed by atoms with Gasteiger partial charge in [-0.1, -0.05) is 297 Å². The van der Waals surface area contributed by atoms with Gasteiger partial charge in [0.1, 0.15) is 13.2 Å². The van der Waals surface area contributed by atoms with Crippen LogP contribution in [-0.2, 0) is 28.6 Å². The Morgan fingerprint density at radius 1 is 0.292 bits per heavy atom. The zero-order valence-electron chi connectivity index (χ0n) is 44.5. The van der Waals surface area contributed by atoms with Crippen molar-refractivity contribution < 1.29 is 28.6 Å². The molecular weight excluding hydrogens is 805 g/mol. The second kappa shape index (κ2) is 53.4. The molecule has 0 unspecified atom stereocenters. The second-order valence-corrected chi connectivity index (χ2v) is 20.8. The Balaban J connectivity index is 4.29. The summed E-state index contributed by atoms with van der Waals surface area (Å²) < 4.78 is 16.9. The lowest BCUT2D eigenvalue weighted by Crippen LogP contribution is -2.30. The van der Waals surface area contributed by atoms with E-state index in [1.807, 2.05) is 0 Å². The smallest absolute Gasteiger partial charge is 0.306 e. The SMILES string of the molecule is CCCCCCCCCCCCCCCCCC(=O)OC[C@H](COC(=O)CCCCCCCCCCCCCCCC)OC(=O)CCCCCCCCCCCCCCCCCC(C)C. The molecule has 1 atom stereocenters. The maximum Gasteiger partial charge on any atom is 0.306 e. The van der Waals surface area contributed by atoms with E-state index in [2.05, 4.69) is 27.7 Å². The molecule has 0 radical (unpaired) electrons. The van der Waals surface area contributed by atoms with Gasteiger partial charge in [-0.3, -0.25) is 14.4 Å². The lowest BCUT2D eigenvalue weighted by Gasteiger charge is -2.18. The van der Waals surface area contributed by atoms with Gasteiger partial charge in [0.25, 0.3) is 0 Å². The van der Waals surface area contributed by atoms with Gasteiger partial charge in [-0.15, -0.1) is 0 Å². The number of ether oxygens (including phenoxy) is 3. The Labute approximate surface area is 406 Å². The number of esters is 3. The summed E-state index contributed by atoms with van der Waals surface area (Å²) in [5.74, 6) is 0.0148. The third-order valence-electron chi connectivity index (χ3n) is 13.5. The van der Waals surface area contributed by atoms with Crippen LogP contribution in [0, 0.1) is 5.92 Å². The van der Waals surface area contributed by atoms with Crippen molar-refractivity contribution in [2.45, 2.75) is 342 Å². The molecule has 0 aliphatic rings. The second-order valence-electron chi connectivity index (χ2n) is 20.8. The van der Waals surface area contributed by atoms with Gasteiger partial charge in [-0.25, -0.2) is 0 Å². The van der Waals surface area contributed by atoms with Crippen molar-refractivity contribution >= 4 is 17.9 Å². The van der Waals surface area contributed by atoms with Crippen LogP contribution < -0.4 is 0 Å². The van der Waals surface area contributed by atoms with Crippen molar-refractivity contribution in [3.63, 3.8) is 0 Å². The van der Waals surface area contributed by atoms with Crippen molar-refractivity contribution in [3.05, 3.63) is 0 Å². The van der Waals surface area contributed by atoms with Crippen molar-refractivity contribution in [2.24, 2.45) is 5.92 Å². The fourth-order valence-corrected chi connectivity index (χ4v) is 9.10. The molecule has 0 aliphatic heterocycles. The maximum atomic E-state index is 12.9. The standard InChI is InChI=1S/C59H114O6/c1-5-7-9-11-13-15-17-19-22-27-31-35-39-43-47-51-58(61)64-54-56(53-63-57(60)50-46-42-38-34-30-26-20-18-16-14-12-10-8-6-2)65-59(62)52-48-44-40-36-32-28-24-21-23-25-29-33-37-41-45-49-55(3)4/h55-56H,5-54H2,1-4H3/t56-/m0/s1. The van der Waals surface area contributed by atoms with Gasteiger partial charge < -0.3 is 14.2 Å². The van der Waals surface area contributed by atoms with Gasteiger partial charge >= 0.3 is 17.9 Å². The van der Waals surface area contributed by atoms with E-state index in [-0.39, 0.29) is 31.1 Å². The molecule has 0 saturated heterocycles. The van der Waals surface area contributed by atoms with Crippen LogP contribution in [0.15, 0.2) is 0 Å². The molecule has 0 aromatic carbocycles. The topological polar surface area (TPSA) is 78.9 Å². The number of unbranched alkanes of at least 4 members (excludes halogenated alkanes) is 41. The molecule has 0 heterocycles. The van der Waals surface area contributed by atoms with Crippen LogP contribution in [0.1, 0.15) is 336 Å².